The molecule has 1 aromatic carbocycles. The van der Waals surface area contributed by atoms with Crippen LogP contribution in [-0.4, -0.2) is 29.3 Å². The largest absolute Gasteiger partial charge is 0.339 e. The molecule has 2 rings (SSSR count). The van der Waals surface area contributed by atoms with Crippen molar-refractivity contribution in [3.05, 3.63) is 29.8 Å². The van der Waals surface area contributed by atoms with Crippen LogP contribution < -0.4 is 5.32 Å². The zero-order valence-corrected chi connectivity index (χ0v) is 11.2. The Morgan fingerprint density at radius 1 is 1.30 bits per heavy atom. The lowest BCUT2D eigenvalue weighted by Crippen LogP contribution is -2.33. The van der Waals surface area contributed by atoms with Crippen LogP contribution >= 0.6 is 0 Å². The van der Waals surface area contributed by atoms with E-state index in [2.05, 4.69) is 5.32 Å². The van der Waals surface area contributed by atoms with E-state index in [1.807, 2.05) is 0 Å². The van der Waals surface area contributed by atoms with Gasteiger partial charge >= 0.3 is 0 Å². The summed E-state index contributed by atoms with van der Waals surface area (Å²) >= 11 is 0. The van der Waals surface area contributed by atoms with Crippen molar-refractivity contribution in [2.75, 3.05) is 11.9 Å². The second kappa shape index (κ2) is 5.98. The zero-order chi connectivity index (χ0) is 14.7. The molecule has 1 N–H and O–H groups in total. The van der Waals surface area contributed by atoms with Crippen molar-refractivity contribution in [1.82, 2.24) is 4.90 Å². The Labute approximate surface area is 115 Å². The predicted octanol–water partition coefficient (Wildman–Crippen LogP) is 2.30. The van der Waals surface area contributed by atoms with Crippen LogP contribution in [0.1, 0.15) is 26.2 Å². The van der Waals surface area contributed by atoms with E-state index in [4.69, 9.17) is 0 Å². The molecule has 4 nitrogen and oxygen atoms in total. The molecule has 1 fully saturated rings. The summed E-state index contributed by atoms with van der Waals surface area (Å²) in [5, 5.41) is 2.48. The summed E-state index contributed by atoms with van der Waals surface area (Å²) in [4.78, 5) is 24.8. The van der Waals surface area contributed by atoms with E-state index in [-0.39, 0.29) is 30.0 Å². The first-order valence-corrected chi connectivity index (χ1v) is 6.49. The maximum Gasteiger partial charge on any atom is 0.226 e. The number of hydrogen-bond acceptors (Lipinski definition) is 2. The Morgan fingerprint density at radius 3 is 2.55 bits per heavy atom. The first kappa shape index (κ1) is 14.4. The van der Waals surface area contributed by atoms with Crippen LogP contribution in [0.15, 0.2) is 18.2 Å². The number of nitrogens with one attached hydrogen (secondary N) is 1. The fraction of sp³-hybridized carbons (Fsp3) is 0.429. The minimum atomic E-state index is -1.01. The highest BCUT2D eigenvalue weighted by Gasteiger charge is 2.30. The smallest absolute Gasteiger partial charge is 0.226 e. The molecule has 20 heavy (non-hydrogen) atoms. The summed E-state index contributed by atoms with van der Waals surface area (Å²) in [5.41, 5.74) is 0.203. The number of anilines is 1. The van der Waals surface area contributed by atoms with Crippen molar-refractivity contribution in [3.63, 3.8) is 0 Å². The molecule has 0 aliphatic heterocycles. The third kappa shape index (κ3) is 3.76. The average Bonchev–Trinajstić information content (AvgIpc) is 3.18. The molecule has 0 unspecified atom stereocenters. The first-order chi connectivity index (χ1) is 9.47. The van der Waals surface area contributed by atoms with Crippen molar-refractivity contribution >= 4 is 17.5 Å². The maximum absolute atomic E-state index is 13.0. The molecule has 0 heterocycles. The minimum absolute atomic E-state index is 0.0480. The summed E-state index contributed by atoms with van der Waals surface area (Å²) in [6.45, 7) is 1.82. The van der Waals surface area contributed by atoms with Gasteiger partial charge in [-0.25, -0.2) is 8.78 Å². The number of benzene rings is 1. The molecule has 108 valence electrons. The number of hydrogen-bond donors (Lipinski definition) is 1. The Balaban J connectivity index is 1.85. The first-order valence-electron chi connectivity index (χ1n) is 6.49. The lowest BCUT2D eigenvalue weighted by atomic mass is 10.2. The lowest BCUT2D eigenvalue weighted by Gasteiger charge is -2.20. The van der Waals surface area contributed by atoms with Crippen molar-refractivity contribution in [3.8, 4) is 0 Å². The molecular formula is C14H16F2N2O2. The number of halogens is 2. The van der Waals surface area contributed by atoms with Gasteiger partial charge in [0, 0.05) is 37.7 Å². The fourth-order valence-electron chi connectivity index (χ4n) is 2.00. The van der Waals surface area contributed by atoms with Gasteiger partial charge in [-0.1, -0.05) is 0 Å². The molecule has 2 amide bonds. The minimum Gasteiger partial charge on any atom is -0.339 e. The van der Waals surface area contributed by atoms with Crippen molar-refractivity contribution in [2.24, 2.45) is 0 Å². The van der Waals surface area contributed by atoms with E-state index < -0.39 is 11.6 Å². The Bertz CT molecular complexity index is 530. The fourth-order valence-corrected chi connectivity index (χ4v) is 2.00. The number of nitrogens with zero attached hydrogens (tertiary/aromatic N) is 1. The number of carbonyl (C=O) groups excluding carboxylic acids is 2. The SMILES string of the molecule is CC(=O)N(CCC(=O)Nc1ccc(F)c(F)c1)C1CC1. The molecule has 0 bridgehead atoms. The molecule has 0 saturated heterocycles. The van der Waals surface area contributed by atoms with E-state index >= 15 is 0 Å². The van der Waals surface area contributed by atoms with Gasteiger partial charge in [0.1, 0.15) is 0 Å². The van der Waals surface area contributed by atoms with Crippen molar-refractivity contribution in [1.29, 1.82) is 0 Å². The summed E-state index contributed by atoms with van der Waals surface area (Å²) in [5.74, 6) is -2.35. The van der Waals surface area contributed by atoms with Crippen LogP contribution in [0, 0.1) is 11.6 Å². The molecule has 0 spiro atoms. The number of rotatable bonds is 5. The van der Waals surface area contributed by atoms with Gasteiger partial charge in [0.25, 0.3) is 0 Å². The molecule has 0 radical (unpaired) electrons. The van der Waals surface area contributed by atoms with Gasteiger partial charge in [-0.15, -0.1) is 0 Å². The summed E-state index contributed by atoms with van der Waals surface area (Å²) in [6.07, 6.45) is 2.09. The molecule has 1 aliphatic rings. The molecule has 1 aliphatic carbocycles. The lowest BCUT2D eigenvalue weighted by molar-refractivity contribution is -0.129. The van der Waals surface area contributed by atoms with E-state index in [1.165, 1.54) is 13.0 Å². The van der Waals surface area contributed by atoms with Crippen molar-refractivity contribution < 1.29 is 18.4 Å². The van der Waals surface area contributed by atoms with E-state index in [0.29, 0.717) is 6.54 Å². The Hall–Kier alpha value is -1.98. The molecule has 0 aromatic heterocycles. The summed E-state index contributed by atoms with van der Waals surface area (Å²) in [7, 11) is 0. The van der Waals surface area contributed by atoms with Gasteiger partial charge in [-0.05, 0) is 25.0 Å². The van der Waals surface area contributed by atoms with Gasteiger partial charge in [0.2, 0.25) is 11.8 Å². The summed E-state index contributed by atoms with van der Waals surface area (Å²) in [6, 6.07) is 3.43. The van der Waals surface area contributed by atoms with Gasteiger partial charge in [0.15, 0.2) is 11.6 Å². The van der Waals surface area contributed by atoms with Crippen LogP contribution in [0.3, 0.4) is 0 Å². The van der Waals surface area contributed by atoms with E-state index in [9.17, 15) is 18.4 Å². The third-order valence-corrected chi connectivity index (χ3v) is 3.18. The molecule has 0 atom stereocenters. The van der Waals surface area contributed by atoms with Gasteiger partial charge in [-0.2, -0.15) is 0 Å². The highest BCUT2D eigenvalue weighted by Crippen LogP contribution is 2.26. The second-order valence-corrected chi connectivity index (χ2v) is 4.87. The average molecular weight is 282 g/mol. The topological polar surface area (TPSA) is 49.4 Å². The van der Waals surface area contributed by atoms with Crippen LogP contribution in [0.5, 0.6) is 0 Å². The van der Waals surface area contributed by atoms with E-state index in [0.717, 1.165) is 25.0 Å². The zero-order valence-electron chi connectivity index (χ0n) is 11.2. The number of amides is 2. The van der Waals surface area contributed by atoms with Crippen LogP contribution in [0.4, 0.5) is 14.5 Å². The van der Waals surface area contributed by atoms with Gasteiger partial charge in [0.05, 0.1) is 0 Å². The maximum atomic E-state index is 13.0. The van der Waals surface area contributed by atoms with Crippen molar-refractivity contribution in [2.45, 2.75) is 32.2 Å². The van der Waals surface area contributed by atoms with Crippen LogP contribution in [0.2, 0.25) is 0 Å². The Kier molecular flexibility index (Phi) is 4.32. The molecule has 1 saturated carbocycles. The summed E-state index contributed by atoms with van der Waals surface area (Å²) < 4.78 is 25.7. The Morgan fingerprint density at radius 2 is 2.00 bits per heavy atom. The molecule has 1 aromatic rings. The highest BCUT2D eigenvalue weighted by atomic mass is 19.2. The van der Waals surface area contributed by atoms with E-state index in [1.54, 1.807) is 4.90 Å². The third-order valence-electron chi connectivity index (χ3n) is 3.18. The normalized spacial score (nSPS) is 13.9. The van der Waals surface area contributed by atoms with Gasteiger partial charge in [-0.3, -0.25) is 9.59 Å². The van der Waals surface area contributed by atoms with Crippen LogP contribution in [-0.2, 0) is 9.59 Å². The predicted molar refractivity (Wildman–Crippen MR) is 70.0 cm³/mol. The molecule has 6 heteroatoms. The monoisotopic (exact) mass is 282 g/mol. The standard InChI is InChI=1S/C14H16F2N2O2/c1-9(19)18(11-3-4-11)7-6-14(20)17-10-2-5-12(15)13(16)8-10/h2,5,8,11H,3-4,6-7H2,1H3,(H,17,20). The van der Waals surface area contributed by atoms with Gasteiger partial charge < -0.3 is 10.2 Å². The number of carbonyl (C=O) groups is 2. The second-order valence-electron chi connectivity index (χ2n) is 4.87. The highest BCUT2D eigenvalue weighted by molar-refractivity contribution is 5.91. The molecular weight excluding hydrogens is 266 g/mol. The quantitative estimate of drug-likeness (QED) is 0.901. The van der Waals surface area contributed by atoms with Crippen LogP contribution in [0.25, 0.3) is 0 Å².